The van der Waals surface area contributed by atoms with E-state index < -0.39 is 29.9 Å². The van der Waals surface area contributed by atoms with Crippen LogP contribution >= 0.6 is 0 Å². The predicted molar refractivity (Wildman–Crippen MR) is 37.5 cm³/mol. The van der Waals surface area contributed by atoms with Crippen LogP contribution in [0.4, 0.5) is 17.6 Å². The van der Waals surface area contributed by atoms with E-state index >= 15 is 0 Å². The van der Waals surface area contributed by atoms with Gasteiger partial charge in [0.1, 0.15) is 11.7 Å². The molecular weight excluding hydrogens is 188 g/mol. The third-order valence-electron chi connectivity index (χ3n) is 1.77. The van der Waals surface area contributed by atoms with Gasteiger partial charge in [-0.1, -0.05) is 12.2 Å². The molecule has 0 saturated carbocycles. The van der Waals surface area contributed by atoms with Crippen molar-refractivity contribution in [3.05, 3.63) is 23.6 Å². The number of hydrogen-bond donors (Lipinski definition) is 0. The number of aldehydes is 1. The van der Waals surface area contributed by atoms with Gasteiger partial charge in [-0.25, -0.2) is 4.39 Å². The standard InChI is InChI=1S/C8H6F4O/c9-7-5(4-13)2-1-3-6(7)8(10,11)12/h1-2,4,6H,3H2. The molecular formula is C8H6F4O. The summed E-state index contributed by atoms with van der Waals surface area (Å²) in [5.41, 5.74) is -0.520. The van der Waals surface area contributed by atoms with Crippen molar-refractivity contribution in [3.8, 4) is 0 Å². The maximum atomic E-state index is 12.9. The Morgan fingerprint density at radius 3 is 2.54 bits per heavy atom. The number of hydrogen-bond acceptors (Lipinski definition) is 1. The maximum Gasteiger partial charge on any atom is 0.398 e. The van der Waals surface area contributed by atoms with E-state index in [0.29, 0.717) is 0 Å². The Hall–Kier alpha value is -1.13. The van der Waals surface area contributed by atoms with Gasteiger partial charge in [0, 0.05) is 5.57 Å². The van der Waals surface area contributed by atoms with Gasteiger partial charge in [0.2, 0.25) is 0 Å². The van der Waals surface area contributed by atoms with Gasteiger partial charge in [0.05, 0.1) is 0 Å². The molecule has 1 atom stereocenters. The Morgan fingerprint density at radius 1 is 1.46 bits per heavy atom. The van der Waals surface area contributed by atoms with Gasteiger partial charge in [0.15, 0.2) is 6.29 Å². The zero-order chi connectivity index (χ0) is 10.1. The lowest BCUT2D eigenvalue weighted by Gasteiger charge is -2.20. The average Bonchev–Trinajstić information content (AvgIpc) is 2.02. The van der Waals surface area contributed by atoms with E-state index in [1.165, 1.54) is 0 Å². The lowest BCUT2D eigenvalue weighted by atomic mass is 9.95. The summed E-state index contributed by atoms with van der Waals surface area (Å²) in [6, 6.07) is 0. The van der Waals surface area contributed by atoms with Gasteiger partial charge in [-0.05, 0) is 6.42 Å². The van der Waals surface area contributed by atoms with Crippen LogP contribution in [0.5, 0.6) is 0 Å². The van der Waals surface area contributed by atoms with E-state index in [2.05, 4.69) is 0 Å². The minimum atomic E-state index is -4.62. The van der Waals surface area contributed by atoms with Crippen LogP contribution in [-0.4, -0.2) is 12.5 Å². The van der Waals surface area contributed by atoms with E-state index in [9.17, 15) is 22.4 Å². The van der Waals surface area contributed by atoms with Crippen molar-refractivity contribution in [2.24, 2.45) is 5.92 Å². The molecule has 0 amide bonds. The summed E-state index contributed by atoms with van der Waals surface area (Å²) in [5.74, 6) is -3.54. The Labute approximate surface area is 71.7 Å². The van der Waals surface area contributed by atoms with Crippen molar-refractivity contribution in [2.45, 2.75) is 12.6 Å². The molecule has 1 nitrogen and oxygen atoms in total. The fourth-order valence-electron chi connectivity index (χ4n) is 1.09. The van der Waals surface area contributed by atoms with Gasteiger partial charge >= 0.3 is 6.18 Å². The zero-order valence-electron chi connectivity index (χ0n) is 6.44. The van der Waals surface area contributed by atoms with Crippen molar-refractivity contribution in [1.29, 1.82) is 0 Å². The Balaban J connectivity index is 3.00. The largest absolute Gasteiger partial charge is 0.398 e. The summed E-state index contributed by atoms with van der Waals surface area (Å²) in [5, 5.41) is 0. The highest BCUT2D eigenvalue weighted by atomic mass is 19.4. The van der Waals surface area contributed by atoms with Gasteiger partial charge in [-0.3, -0.25) is 4.79 Å². The van der Waals surface area contributed by atoms with Crippen molar-refractivity contribution in [2.75, 3.05) is 0 Å². The number of allylic oxidation sites excluding steroid dienone is 4. The van der Waals surface area contributed by atoms with Gasteiger partial charge < -0.3 is 0 Å². The van der Waals surface area contributed by atoms with Crippen LogP contribution in [0.2, 0.25) is 0 Å². The van der Waals surface area contributed by atoms with Gasteiger partial charge in [-0.15, -0.1) is 0 Å². The molecule has 1 rings (SSSR count). The molecule has 1 aliphatic carbocycles. The molecule has 0 aromatic carbocycles. The molecule has 1 aliphatic rings. The highest BCUT2D eigenvalue weighted by molar-refractivity contribution is 5.78. The summed E-state index contributed by atoms with van der Waals surface area (Å²) < 4.78 is 49.1. The molecule has 0 bridgehead atoms. The molecule has 0 radical (unpaired) electrons. The summed E-state index contributed by atoms with van der Waals surface area (Å²) in [6.07, 6.45) is -2.77. The third kappa shape index (κ3) is 1.96. The van der Waals surface area contributed by atoms with Crippen molar-refractivity contribution in [1.82, 2.24) is 0 Å². The fourth-order valence-corrected chi connectivity index (χ4v) is 1.09. The van der Waals surface area contributed by atoms with Crippen LogP contribution in [0.1, 0.15) is 6.42 Å². The average molecular weight is 194 g/mol. The lowest BCUT2D eigenvalue weighted by molar-refractivity contribution is -0.167. The number of carbonyl (C=O) groups is 1. The first kappa shape index (κ1) is 9.95. The SMILES string of the molecule is O=CC1=C(F)C(C(F)(F)F)CC=C1. The van der Waals surface area contributed by atoms with E-state index in [4.69, 9.17) is 0 Å². The Bertz CT molecular complexity index is 274. The third-order valence-corrected chi connectivity index (χ3v) is 1.77. The fraction of sp³-hybridized carbons (Fsp3) is 0.375. The molecule has 0 heterocycles. The zero-order valence-corrected chi connectivity index (χ0v) is 6.44. The van der Waals surface area contributed by atoms with Gasteiger partial charge in [0.25, 0.3) is 0 Å². The van der Waals surface area contributed by atoms with Crippen LogP contribution in [0.3, 0.4) is 0 Å². The van der Waals surface area contributed by atoms with Crippen LogP contribution < -0.4 is 0 Å². The molecule has 0 fully saturated rings. The quantitative estimate of drug-likeness (QED) is 0.463. The predicted octanol–water partition coefficient (Wildman–Crippen LogP) is 2.55. The molecule has 5 heteroatoms. The van der Waals surface area contributed by atoms with Crippen LogP contribution in [0.15, 0.2) is 23.6 Å². The highest BCUT2D eigenvalue weighted by Crippen LogP contribution is 2.38. The van der Waals surface area contributed by atoms with Crippen molar-refractivity contribution < 1.29 is 22.4 Å². The highest BCUT2D eigenvalue weighted by Gasteiger charge is 2.43. The molecule has 0 spiro atoms. The number of rotatable bonds is 1. The van der Waals surface area contributed by atoms with E-state index in [1.807, 2.05) is 0 Å². The lowest BCUT2D eigenvalue weighted by Crippen LogP contribution is -2.25. The molecule has 0 aliphatic heterocycles. The first-order chi connectivity index (χ1) is 5.96. The van der Waals surface area contributed by atoms with Crippen LogP contribution in [-0.2, 0) is 4.79 Å². The molecule has 13 heavy (non-hydrogen) atoms. The maximum absolute atomic E-state index is 12.9. The Morgan fingerprint density at radius 2 is 2.08 bits per heavy atom. The monoisotopic (exact) mass is 194 g/mol. The van der Waals surface area contributed by atoms with E-state index in [-0.39, 0.29) is 6.29 Å². The number of carbonyl (C=O) groups excluding carboxylic acids is 1. The first-order valence-corrected chi connectivity index (χ1v) is 3.55. The molecule has 0 saturated heterocycles. The topological polar surface area (TPSA) is 17.1 Å². The van der Waals surface area contributed by atoms with E-state index in [0.717, 1.165) is 12.2 Å². The van der Waals surface area contributed by atoms with Crippen LogP contribution in [0.25, 0.3) is 0 Å². The van der Waals surface area contributed by atoms with E-state index in [1.54, 1.807) is 0 Å². The normalized spacial score (nSPS) is 23.5. The second-order valence-electron chi connectivity index (χ2n) is 2.65. The van der Waals surface area contributed by atoms with Crippen molar-refractivity contribution >= 4 is 6.29 Å². The second-order valence-corrected chi connectivity index (χ2v) is 2.65. The van der Waals surface area contributed by atoms with Crippen molar-refractivity contribution in [3.63, 3.8) is 0 Å². The number of halogens is 4. The molecule has 72 valence electrons. The minimum Gasteiger partial charge on any atom is -0.298 e. The molecule has 0 aromatic rings. The summed E-state index contributed by atoms with van der Waals surface area (Å²) in [6.45, 7) is 0. The summed E-state index contributed by atoms with van der Waals surface area (Å²) in [7, 11) is 0. The minimum absolute atomic E-state index is 0.0870. The van der Waals surface area contributed by atoms with Crippen LogP contribution in [0, 0.1) is 5.92 Å². The molecule has 0 aromatic heterocycles. The smallest absolute Gasteiger partial charge is 0.298 e. The first-order valence-electron chi connectivity index (χ1n) is 3.55. The summed E-state index contributed by atoms with van der Waals surface area (Å²) >= 11 is 0. The number of alkyl halides is 3. The molecule has 1 unspecified atom stereocenters. The second kappa shape index (κ2) is 3.32. The van der Waals surface area contributed by atoms with Gasteiger partial charge in [-0.2, -0.15) is 13.2 Å². The summed E-state index contributed by atoms with van der Waals surface area (Å²) in [4.78, 5) is 10.1. The molecule has 0 N–H and O–H groups in total. The Kier molecular flexibility index (Phi) is 2.54.